The van der Waals surface area contributed by atoms with Crippen molar-refractivity contribution in [3.8, 4) is 39.6 Å². The highest BCUT2D eigenvalue weighted by Gasteiger charge is 2.40. The fourth-order valence-corrected chi connectivity index (χ4v) is 12.4. The van der Waals surface area contributed by atoms with E-state index in [9.17, 15) is 87.9 Å². The van der Waals surface area contributed by atoms with Crippen LogP contribution in [0.3, 0.4) is 0 Å². The van der Waals surface area contributed by atoms with Gasteiger partial charge in [0.05, 0.1) is 76.3 Å². The number of hydrogen-bond donors (Lipinski definition) is 12. The molecule has 3 aromatic carbocycles. The SMILES string of the molecule is COc1cc2c(cc1-c1cccc(NC(=O)CCC(=O)NCCCC[C@@H](NC(=O)[C@@H](CC(=O)O)NC(=O)[C@@H](CC(=O)O)NC(=O)CCNC(=O)CN3CCN(CC(=O)O)CCN(CC(=O)O)CCN(CC(=O)O)CC3)C(N)=O)c1)-c1c(c(C(=O)N3CCOCC3(C)C)nn1-c1cc(Cl)cc(Cl)c1)CO2. The minimum atomic E-state index is -1.93. The van der Waals surface area contributed by atoms with E-state index in [-0.39, 0.29) is 129 Å². The van der Waals surface area contributed by atoms with E-state index in [0.717, 1.165) is 0 Å². The number of aliphatic carboxylic acids is 5. The predicted molar refractivity (Wildman–Crippen MR) is 372 cm³/mol. The van der Waals surface area contributed by atoms with E-state index in [1.165, 1.54) is 7.11 Å². The summed E-state index contributed by atoms with van der Waals surface area (Å²) in [5, 5.41) is 68.0. The molecule has 0 bridgehead atoms. The molecule has 0 saturated carbocycles. The molecule has 0 unspecified atom stereocenters. The number of ether oxygens (including phenoxy) is 3. The Balaban J connectivity index is 0.879. The van der Waals surface area contributed by atoms with Crippen molar-refractivity contribution in [3.63, 3.8) is 0 Å². The Morgan fingerprint density at radius 1 is 0.606 bits per heavy atom. The highest BCUT2D eigenvalue weighted by atomic mass is 35.5. The van der Waals surface area contributed by atoms with Gasteiger partial charge in [0.1, 0.15) is 36.2 Å². The molecule has 3 aliphatic rings. The zero-order valence-electron chi connectivity index (χ0n) is 57.5. The molecule has 4 heterocycles. The van der Waals surface area contributed by atoms with Gasteiger partial charge in [-0.05, 0) is 75.1 Å². The van der Waals surface area contributed by atoms with Crippen molar-refractivity contribution in [1.29, 1.82) is 0 Å². The molecule has 1 aromatic heterocycles. The second kappa shape index (κ2) is 38.5. The van der Waals surface area contributed by atoms with Crippen LogP contribution < -0.4 is 47.1 Å². The van der Waals surface area contributed by atoms with Crippen molar-refractivity contribution in [3.05, 3.63) is 75.9 Å². The summed E-state index contributed by atoms with van der Waals surface area (Å²) < 4.78 is 19.5. The third-order valence-corrected chi connectivity index (χ3v) is 17.6. The number of anilines is 1. The highest BCUT2D eigenvalue weighted by Crippen LogP contribution is 2.47. The summed E-state index contributed by atoms with van der Waals surface area (Å²) in [6.45, 7) is 4.19. The van der Waals surface area contributed by atoms with Gasteiger partial charge in [-0.2, -0.15) is 5.10 Å². The molecule has 3 aliphatic heterocycles. The first-order valence-corrected chi connectivity index (χ1v) is 34.1. The fourth-order valence-electron chi connectivity index (χ4n) is 11.9. The van der Waals surface area contributed by atoms with Crippen LogP contribution in [0.5, 0.6) is 11.5 Å². The van der Waals surface area contributed by atoms with Crippen LogP contribution in [0.1, 0.15) is 81.3 Å². The molecule has 564 valence electrons. The number of hydrogen-bond acceptors (Lipinski definition) is 21. The van der Waals surface area contributed by atoms with E-state index >= 15 is 0 Å². The molecule has 7 rings (SSSR count). The third-order valence-electron chi connectivity index (χ3n) is 17.1. The second-order valence-corrected chi connectivity index (χ2v) is 26.4. The fraction of sp³-hybridized carbons (Fsp3) is 0.493. The number of primary amides is 1. The van der Waals surface area contributed by atoms with Crippen molar-refractivity contribution >= 4 is 106 Å². The Morgan fingerprint density at radius 2 is 1.15 bits per heavy atom. The smallest absolute Gasteiger partial charge is 0.317 e. The Bertz CT molecular complexity index is 3800. The van der Waals surface area contributed by atoms with Gasteiger partial charge in [0.2, 0.25) is 41.4 Å². The zero-order valence-corrected chi connectivity index (χ0v) is 59.1. The third kappa shape index (κ3) is 24.6. The molecule has 0 spiro atoms. The average Bonchev–Trinajstić information content (AvgIpc) is 1.56. The molecular formula is C67H86Cl2N14O21. The molecule has 3 atom stereocenters. The molecule has 13 N–H and O–H groups in total. The summed E-state index contributed by atoms with van der Waals surface area (Å²) in [6.07, 6.45) is -2.83. The van der Waals surface area contributed by atoms with Crippen molar-refractivity contribution in [2.75, 3.05) is 124 Å². The molecule has 35 nitrogen and oxygen atoms in total. The number of carboxylic acids is 5. The number of fused-ring (bicyclic) bond motifs is 3. The summed E-state index contributed by atoms with van der Waals surface area (Å²) in [5.74, 6) is -12.1. The molecule has 2 saturated heterocycles. The van der Waals surface area contributed by atoms with Crippen LogP contribution in [0.2, 0.25) is 10.0 Å². The number of aromatic nitrogens is 2. The Morgan fingerprint density at radius 3 is 1.70 bits per heavy atom. The van der Waals surface area contributed by atoms with Crippen LogP contribution in [0.15, 0.2) is 54.6 Å². The second-order valence-electron chi connectivity index (χ2n) is 25.6. The number of halogens is 2. The summed E-state index contributed by atoms with van der Waals surface area (Å²) in [5.41, 5.74) is 8.88. The number of carbonyl (C=O) groups excluding carboxylic acids is 8. The Kier molecular flexibility index (Phi) is 30.1. The van der Waals surface area contributed by atoms with E-state index in [1.54, 1.807) is 71.6 Å². The number of rotatable bonds is 34. The molecule has 104 heavy (non-hydrogen) atoms. The van der Waals surface area contributed by atoms with Gasteiger partial charge < -0.3 is 82.3 Å². The first kappa shape index (κ1) is 81.3. The number of unbranched alkanes of at least 4 members (excludes halogenated alkanes) is 1. The number of benzene rings is 3. The number of nitrogens with zero attached hydrogens (tertiary/aromatic N) is 7. The van der Waals surface area contributed by atoms with Gasteiger partial charge in [-0.1, -0.05) is 35.3 Å². The van der Waals surface area contributed by atoms with E-state index < -0.39 is 127 Å². The minimum Gasteiger partial charge on any atom is -0.496 e. The zero-order chi connectivity index (χ0) is 75.9. The van der Waals surface area contributed by atoms with E-state index in [4.69, 9.17) is 48.2 Å². The topological polar surface area (TPSA) is 483 Å². The molecule has 2 fully saturated rings. The van der Waals surface area contributed by atoms with Crippen molar-refractivity contribution in [2.24, 2.45) is 5.73 Å². The maximum atomic E-state index is 14.5. The largest absolute Gasteiger partial charge is 0.496 e. The monoisotopic (exact) mass is 1490 g/mol. The van der Waals surface area contributed by atoms with Crippen LogP contribution in [0.4, 0.5) is 5.69 Å². The Labute approximate surface area is 606 Å². The summed E-state index contributed by atoms with van der Waals surface area (Å²) >= 11 is 13.0. The van der Waals surface area contributed by atoms with Crippen LogP contribution in [-0.2, 0) is 68.9 Å². The lowest BCUT2D eigenvalue weighted by Gasteiger charge is -2.41. The van der Waals surface area contributed by atoms with E-state index in [0.29, 0.717) is 80.6 Å². The lowest BCUT2D eigenvalue weighted by Crippen LogP contribution is -2.57. The van der Waals surface area contributed by atoms with E-state index in [2.05, 4.69) is 31.9 Å². The minimum absolute atomic E-state index is 0.00139. The average molecular weight is 1490 g/mol. The number of nitrogens with two attached hydrogens (primary N) is 1. The van der Waals surface area contributed by atoms with Crippen LogP contribution in [0.25, 0.3) is 28.1 Å². The summed E-state index contributed by atoms with van der Waals surface area (Å²) in [4.78, 5) is 173. The summed E-state index contributed by atoms with van der Waals surface area (Å²) in [7, 11) is 1.50. The first-order valence-electron chi connectivity index (χ1n) is 33.3. The van der Waals surface area contributed by atoms with Gasteiger partial charge in [-0.3, -0.25) is 81.9 Å². The van der Waals surface area contributed by atoms with Crippen molar-refractivity contribution in [1.82, 2.24) is 60.9 Å². The number of carboxylic acid groups (broad SMARTS) is 5. The van der Waals surface area contributed by atoms with Gasteiger partial charge in [-0.15, -0.1) is 0 Å². The highest BCUT2D eigenvalue weighted by molar-refractivity contribution is 6.35. The molecule has 8 amide bonds. The number of carbonyl (C=O) groups is 13. The molecule has 0 radical (unpaired) electrons. The van der Waals surface area contributed by atoms with Crippen molar-refractivity contribution < 1.29 is 102 Å². The number of methoxy groups -OCH3 is 1. The van der Waals surface area contributed by atoms with Crippen LogP contribution in [0, 0.1) is 0 Å². The lowest BCUT2D eigenvalue weighted by atomic mass is 9.95. The number of morpholine rings is 1. The van der Waals surface area contributed by atoms with Crippen molar-refractivity contribution in [2.45, 2.75) is 95.5 Å². The van der Waals surface area contributed by atoms with Gasteiger partial charge in [0.25, 0.3) is 5.91 Å². The normalized spacial score (nSPS) is 16.0. The number of nitrogens with one attached hydrogen (secondary N) is 6. The van der Waals surface area contributed by atoms with Gasteiger partial charge >= 0.3 is 29.8 Å². The molecule has 37 heteroatoms. The molecule has 0 aliphatic carbocycles. The molecule has 4 aromatic rings. The standard InChI is InChI=1S/C67H86Cl2N14O21/c1-67(2)38-103-24-23-82(67)66(101)61-46-37-104-51-32-50(102-3)44(29-45(51)62(46)83(77-61)43-27-40(68)26-41(69)28-43)39-7-6-8-42(25-39)73-53(85)11-10-52(84)71-13-5-4-9-47(63(70)98)75-65(100)49(31-57(90)91)76-64(99)48(30-56(88)89)74-54(86)12-14-72-55(87)33-78-15-17-79(34-58(92)93)19-21-81(36-60(96)97)22-20-80(18-16-78)35-59(94)95/h6-8,25-29,32,47-49H,4-5,9-24,30-31,33-38H2,1-3H3,(H2,70,98)(H,71,84)(H,72,87)(H,73,85)(H,74,86)(H,75,100)(H,76,99)(H,88,89)(H,90,91)(H,92,93)(H,94,95)(H,96,97)/t47-,48-,49-/m1/s1. The van der Waals surface area contributed by atoms with Crippen LogP contribution >= 0.6 is 23.2 Å². The van der Waals surface area contributed by atoms with Crippen LogP contribution in [-0.4, -0.2) is 279 Å². The first-order chi connectivity index (χ1) is 49.4. The lowest BCUT2D eigenvalue weighted by molar-refractivity contribution is -0.143. The predicted octanol–water partition coefficient (Wildman–Crippen LogP) is 0.541. The van der Waals surface area contributed by atoms with Gasteiger partial charge in [0.15, 0.2) is 5.69 Å². The quantitative estimate of drug-likeness (QED) is 0.0284. The maximum Gasteiger partial charge on any atom is 0.317 e. The molecular weight excluding hydrogens is 1410 g/mol. The number of amides is 8. The maximum absolute atomic E-state index is 14.5. The van der Waals surface area contributed by atoms with Gasteiger partial charge in [0, 0.05) is 130 Å². The summed E-state index contributed by atoms with van der Waals surface area (Å²) in [6, 6.07) is 10.2. The van der Waals surface area contributed by atoms with Gasteiger partial charge in [-0.25, -0.2) is 4.68 Å². The van der Waals surface area contributed by atoms with E-state index in [1.807, 2.05) is 26.0 Å². The Hall–Kier alpha value is -10.0.